The van der Waals surface area contributed by atoms with E-state index in [1.165, 1.54) is 5.56 Å². The van der Waals surface area contributed by atoms with E-state index in [1.807, 2.05) is 19.2 Å². The van der Waals surface area contributed by atoms with Crippen molar-refractivity contribution in [3.8, 4) is 5.88 Å². The van der Waals surface area contributed by atoms with Crippen LogP contribution in [0.15, 0.2) is 18.3 Å². The zero-order valence-corrected chi connectivity index (χ0v) is 8.21. The van der Waals surface area contributed by atoms with Crippen molar-refractivity contribution in [2.24, 2.45) is 0 Å². The number of likely N-dealkylation sites (N-methyl/N-ethyl adjacent to an activating group) is 1. The van der Waals surface area contributed by atoms with Gasteiger partial charge in [0.15, 0.2) is 0 Å². The van der Waals surface area contributed by atoms with Gasteiger partial charge in [0.05, 0.1) is 0 Å². The van der Waals surface area contributed by atoms with Crippen LogP contribution in [0.2, 0.25) is 0 Å². The number of hydrogen-bond donors (Lipinski definition) is 1. The van der Waals surface area contributed by atoms with Gasteiger partial charge >= 0.3 is 0 Å². The van der Waals surface area contributed by atoms with Crippen molar-refractivity contribution in [1.29, 1.82) is 0 Å². The second kappa shape index (κ2) is 5.54. The molecule has 0 unspecified atom stereocenters. The van der Waals surface area contributed by atoms with Crippen LogP contribution in [-0.4, -0.2) is 25.2 Å². The average molecular weight is 180 g/mol. The first kappa shape index (κ1) is 9.99. The summed E-state index contributed by atoms with van der Waals surface area (Å²) < 4.78 is 5.42. The van der Waals surface area contributed by atoms with E-state index in [9.17, 15) is 0 Å². The highest BCUT2D eigenvalue weighted by Crippen LogP contribution is 2.08. The molecule has 1 N–H and O–H groups in total. The van der Waals surface area contributed by atoms with Crippen LogP contribution in [0.5, 0.6) is 5.88 Å². The molecule has 0 fully saturated rings. The number of aromatic nitrogens is 1. The zero-order chi connectivity index (χ0) is 9.52. The molecule has 3 heteroatoms. The molecule has 0 saturated heterocycles. The van der Waals surface area contributed by atoms with E-state index in [1.54, 1.807) is 6.20 Å². The van der Waals surface area contributed by atoms with Crippen molar-refractivity contribution in [1.82, 2.24) is 10.3 Å². The van der Waals surface area contributed by atoms with Crippen LogP contribution in [0.1, 0.15) is 12.5 Å². The van der Waals surface area contributed by atoms with E-state index >= 15 is 0 Å². The Kier molecular flexibility index (Phi) is 4.26. The van der Waals surface area contributed by atoms with Gasteiger partial charge in [0.1, 0.15) is 6.61 Å². The van der Waals surface area contributed by atoms with Crippen LogP contribution in [0.3, 0.4) is 0 Å². The monoisotopic (exact) mass is 180 g/mol. The highest BCUT2D eigenvalue weighted by molar-refractivity contribution is 5.20. The lowest BCUT2D eigenvalue weighted by molar-refractivity contribution is 0.306. The van der Waals surface area contributed by atoms with Gasteiger partial charge in [0, 0.05) is 18.8 Å². The summed E-state index contributed by atoms with van der Waals surface area (Å²) in [7, 11) is 1.90. The molecule has 0 aliphatic heterocycles. The van der Waals surface area contributed by atoms with Gasteiger partial charge in [0.25, 0.3) is 0 Å². The Bertz CT molecular complexity index is 250. The van der Waals surface area contributed by atoms with E-state index < -0.39 is 0 Å². The molecule has 0 radical (unpaired) electrons. The molecule has 0 bridgehead atoms. The van der Waals surface area contributed by atoms with E-state index in [4.69, 9.17) is 4.74 Å². The Labute approximate surface area is 79.1 Å². The molecule has 0 aromatic carbocycles. The summed E-state index contributed by atoms with van der Waals surface area (Å²) in [5.41, 5.74) is 1.26. The lowest BCUT2D eigenvalue weighted by Gasteiger charge is -2.05. The molecular weight excluding hydrogens is 164 g/mol. The second-order valence-electron chi connectivity index (χ2n) is 2.81. The minimum absolute atomic E-state index is 0.663. The molecule has 1 aromatic rings. The standard InChI is InChI=1S/C10H16N2O/c1-3-9-4-5-12-10(8-9)13-7-6-11-2/h4-5,8,11H,3,6-7H2,1-2H3. The van der Waals surface area contributed by atoms with Gasteiger partial charge in [-0.25, -0.2) is 4.98 Å². The van der Waals surface area contributed by atoms with Crippen LogP contribution in [0.4, 0.5) is 0 Å². The molecule has 0 spiro atoms. The maximum Gasteiger partial charge on any atom is 0.213 e. The number of nitrogens with one attached hydrogen (secondary N) is 1. The summed E-state index contributed by atoms with van der Waals surface area (Å²) in [6, 6.07) is 3.99. The van der Waals surface area contributed by atoms with Crippen LogP contribution in [-0.2, 0) is 6.42 Å². The van der Waals surface area contributed by atoms with E-state index in [2.05, 4.69) is 17.2 Å². The Balaban J connectivity index is 2.46. The van der Waals surface area contributed by atoms with Crippen LogP contribution >= 0.6 is 0 Å². The molecule has 0 atom stereocenters. The van der Waals surface area contributed by atoms with E-state index in [0.29, 0.717) is 6.61 Å². The summed E-state index contributed by atoms with van der Waals surface area (Å²) in [4.78, 5) is 4.11. The smallest absolute Gasteiger partial charge is 0.213 e. The van der Waals surface area contributed by atoms with Gasteiger partial charge in [-0.15, -0.1) is 0 Å². The van der Waals surface area contributed by atoms with Crippen molar-refractivity contribution in [2.45, 2.75) is 13.3 Å². The zero-order valence-electron chi connectivity index (χ0n) is 8.21. The SMILES string of the molecule is CCc1ccnc(OCCNC)c1. The third-order valence-corrected chi connectivity index (χ3v) is 1.81. The number of pyridine rings is 1. The number of hydrogen-bond acceptors (Lipinski definition) is 3. The number of rotatable bonds is 5. The normalized spacial score (nSPS) is 10.0. The van der Waals surface area contributed by atoms with E-state index in [-0.39, 0.29) is 0 Å². The quantitative estimate of drug-likeness (QED) is 0.692. The third kappa shape index (κ3) is 3.42. The minimum atomic E-state index is 0.663. The van der Waals surface area contributed by atoms with Crippen molar-refractivity contribution in [2.75, 3.05) is 20.2 Å². The molecule has 0 saturated carbocycles. The predicted octanol–water partition coefficient (Wildman–Crippen LogP) is 1.24. The van der Waals surface area contributed by atoms with Gasteiger partial charge in [-0.3, -0.25) is 0 Å². The fraction of sp³-hybridized carbons (Fsp3) is 0.500. The summed E-state index contributed by atoms with van der Waals surface area (Å²) in [5.74, 6) is 0.717. The van der Waals surface area contributed by atoms with Gasteiger partial charge in [-0.1, -0.05) is 6.92 Å². The van der Waals surface area contributed by atoms with Gasteiger partial charge in [-0.2, -0.15) is 0 Å². The minimum Gasteiger partial charge on any atom is -0.476 e. The number of aryl methyl sites for hydroxylation is 1. The summed E-state index contributed by atoms with van der Waals surface area (Å²) in [6.07, 6.45) is 2.80. The molecule has 13 heavy (non-hydrogen) atoms. The highest BCUT2D eigenvalue weighted by Gasteiger charge is 1.95. The largest absolute Gasteiger partial charge is 0.476 e. The second-order valence-corrected chi connectivity index (χ2v) is 2.81. The highest BCUT2D eigenvalue weighted by atomic mass is 16.5. The maximum absolute atomic E-state index is 5.42. The molecule has 0 amide bonds. The lowest BCUT2D eigenvalue weighted by atomic mass is 10.2. The molecular formula is C10H16N2O. The van der Waals surface area contributed by atoms with Gasteiger partial charge in [-0.05, 0) is 25.1 Å². The van der Waals surface area contributed by atoms with Crippen LogP contribution in [0, 0.1) is 0 Å². The summed E-state index contributed by atoms with van der Waals surface area (Å²) in [6.45, 7) is 3.63. The maximum atomic E-state index is 5.42. The first-order valence-corrected chi connectivity index (χ1v) is 4.59. The Morgan fingerprint density at radius 3 is 3.08 bits per heavy atom. The van der Waals surface area contributed by atoms with Crippen molar-refractivity contribution in [3.63, 3.8) is 0 Å². The molecule has 1 rings (SSSR count). The third-order valence-electron chi connectivity index (χ3n) is 1.81. The van der Waals surface area contributed by atoms with Gasteiger partial charge < -0.3 is 10.1 Å². The Morgan fingerprint density at radius 1 is 1.54 bits per heavy atom. The molecule has 0 aliphatic rings. The van der Waals surface area contributed by atoms with Crippen molar-refractivity contribution in [3.05, 3.63) is 23.9 Å². The van der Waals surface area contributed by atoms with Crippen molar-refractivity contribution >= 4 is 0 Å². The lowest BCUT2D eigenvalue weighted by Crippen LogP contribution is -2.16. The fourth-order valence-corrected chi connectivity index (χ4v) is 1.01. The number of ether oxygens (including phenoxy) is 1. The van der Waals surface area contributed by atoms with Crippen LogP contribution < -0.4 is 10.1 Å². The molecule has 1 aromatic heterocycles. The fourth-order valence-electron chi connectivity index (χ4n) is 1.01. The first-order valence-electron chi connectivity index (χ1n) is 4.59. The molecule has 1 heterocycles. The molecule has 72 valence electrons. The number of nitrogens with zero attached hydrogens (tertiary/aromatic N) is 1. The Hall–Kier alpha value is -1.09. The predicted molar refractivity (Wildman–Crippen MR) is 53.0 cm³/mol. The van der Waals surface area contributed by atoms with Crippen LogP contribution in [0.25, 0.3) is 0 Å². The van der Waals surface area contributed by atoms with Crippen molar-refractivity contribution < 1.29 is 4.74 Å². The van der Waals surface area contributed by atoms with Gasteiger partial charge in [0.2, 0.25) is 5.88 Å². The Morgan fingerprint density at radius 2 is 2.38 bits per heavy atom. The summed E-state index contributed by atoms with van der Waals surface area (Å²) >= 11 is 0. The summed E-state index contributed by atoms with van der Waals surface area (Å²) in [5, 5.41) is 3.01. The molecule has 0 aliphatic carbocycles. The molecule has 3 nitrogen and oxygen atoms in total. The average Bonchev–Trinajstić information content (AvgIpc) is 2.19. The first-order chi connectivity index (χ1) is 6.36. The van der Waals surface area contributed by atoms with E-state index in [0.717, 1.165) is 18.8 Å². The topological polar surface area (TPSA) is 34.1 Å².